The summed E-state index contributed by atoms with van der Waals surface area (Å²) in [4.78, 5) is 11.6. The summed E-state index contributed by atoms with van der Waals surface area (Å²) in [6, 6.07) is 0. The highest BCUT2D eigenvalue weighted by Gasteiger charge is 2.26. The topological polar surface area (TPSA) is 80.7 Å². The van der Waals surface area contributed by atoms with Crippen molar-refractivity contribution in [2.45, 2.75) is 25.2 Å². The molecule has 1 aromatic heterocycles. The van der Waals surface area contributed by atoms with Gasteiger partial charge >= 0.3 is 5.97 Å². The molecular formula is C9H13ClO5S2. The van der Waals surface area contributed by atoms with Gasteiger partial charge in [-0.2, -0.15) is 8.42 Å². The second-order valence-electron chi connectivity index (χ2n) is 2.95. The molecular weight excluding hydrogens is 288 g/mol. The van der Waals surface area contributed by atoms with Crippen molar-refractivity contribution < 1.29 is 22.5 Å². The molecule has 0 fully saturated rings. The van der Waals surface area contributed by atoms with Gasteiger partial charge in [0.15, 0.2) is 0 Å². The van der Waals surface area contributed by atoms with E-state index in [0.717, 1.165) is 11.3 Å². The van der Waals surface area contributed by atoms with Crippen LogP contribution in [0.2, 0.25) is 0 Å². The fourth-order valence-electron chi connectivity index (χ4n) is 1.26. The minimum atomic E-state index is -4.39. The van der Waals surface area contributed by atoms with E-state index in [0.29, 0.717) is 11.3 Å². The second-order valence-corrected chi connectivity index (χ2v) is 5.27. The van der Waals surface area contributed by atoms with Crippen molar-refractivity contribution in [2.75, 3.05) is 6.61 Å². The lowest BCUT2D eigenvalue weighted by molar-refractivity contribution is 0.0522. The zero-order chi connectivity index (χ0) is 12.3. The first-order valence-electron chi connectivity index (χ1n) is 4.66. The van der Waals surface area contributed by atoms with E-state index in [1.165, 1.54) is 5.38 Å². The number of hydrogen-bond donors (Lipinski definition) is 1. The van der Waals surface area contributed by atoms with Crippen LogP contribution in [-0.4, -0.2) is 25.5 Å². The van der Waals surface area contributed by atoms with Crippen LogP contribution >= 0.6 is 23.7 Å². The summed E-state index contributed by atoms with van der Waals surface area (Å²) in [7, 11) is -4.39. The zero-order valence-electron chi connectivity index (χ0n) is 9.30. The van der Waals surface area contributed by atoms with E-state index < -0.39 is 16.1 Å². The quantitative estimate of drug-likeness (QED) is 0.681. The molecule has 0 spiro atoms. The predicted molar refractivity (Wildman–Crippen MR) is 66.7 cm³/mol. The van der Waals surface area contributed by atoms with E-state index in [9.17, 15) is 13.2 Å². The third-order valence-electron chi connectivity index (χ3n) is 1.89. The predicted octanol–water partition coefficient (Wildman–Crippen LogP) is 2.16. The maximum Gasteiger partial charge on any atom is 0.340 e. The Balaban J connectivity index is 0.00000256. The van der Waals surface area contributed by atoms with E-state index in [1.807, 2.05) is 0 Å². The van der Waals surface area contributed by atoms with Crippen LogP contribution < -0.4 is 0 Å². The van der Waals surface area contributed by atoms with Crippen LogP contribution in [0, 0.1) is 0 Å². The van der Waals surface area contributed by atoms with Crippen LogP contribution in [0.1, 0.15) is 29.1 Å². The molecule has 0 aliphatic carbocycles. The molecule has 0 aliphatic heterocycles. The van der Waals surface area contributed by atoms with Gasteiger partial charge in [0.25, 0.3) is 10.1 Å². The molecule has 0 unspecified atom stereocenters. The highest BCUT2D eigenvalue weighted by molar-refractivity contribution is 7.86. The van der Waals surface area contributed by atoms with Gasteiger partial charge in [0, 0.05) is 10.3 Å². The van der Waals surface area contributed by atoms with Crippen molar-refractivity contribution >= 4 is 39.8 Å². The Morgan fingerprint density at radius 1 is 1.47 bits per heavy atom. The first-order valence-corrected chi connectivity index (χ1v) is 6.98. The van der Waals surface area contributed by atoms with Crippen LogP contribution in [-0.2, 0) is 21.3 Å². The van der Waals surface area contributed by atoms with Gasteiger partial charge in [0.1, 0.15) is 4.90 Å². The van der Waals surface area contributed by atoms with E-state index in [1.54, 1.807) is 13.8 Å². The smallest absolute Gasteiger partial charge is 0.340 e. The van der Waals surface area contributed by atoms with Crippen LogP contribution in [0.15, 0.2) is 10.3 Å². The molecule has 17 heavy (non-hydrogen) atoms. The summed E-state index contributed by atoms with van der Waals surface area (Å²) < 4.78 is 36.1. The first-order chi connectivity index (χ1) is 7.41. The minimum absolute atomic E-state index is 0. The lowest BCUT2D eigenvalue weighted by Crippen LogP contribution is -2.10. The number of hydrogen-bond acceptors (Lipinski definition) is 5. The molecule has 98 valence electrons. The number of halogens is 1. The molecule has 1 rings (SSSR count). The summed E-state index contributed by atoms with van der Waals surface area (Å²) in [6.45, 7) is 3.52. The molecule has 0 bridgehead atoms. The van der Waals surface area contributed by atoms with Gasteiger partial charge in [-0.25, -0.2) is 4.79 Å². The molecule has 8 heteroatoms. The molecule has 1 heterocycles. The van der Waals surface area contributed by atoms with E-state index in [4.69, 9.17) is 9.29 Å². The first kappa shape index (κ1) is 16.4. The Kier molecular flexibility index (Phi) is 6.11. The third kappa shape index (κ3) is 3.67. The number of thiophene rings is 1. The largest absolute Gasteiger partial charge is 0.462 e. The third-order valence-corrected chi connectivity index (χ3v) is 4.13. The van der Waals surface area contributed by atoms with Crippen molar-refractivity contribution in [1.82, 2.24) is 0 Å². The lowest BCUT2D eigenvalue weighted by atomic mass is 10.3. The van der Waals surface area contributed by atoms with Crippen LogP contribution in [0.25, 0.3) is 0 Å². The molecule has 1 N–H and O–H groups in total. The summed E-state index contributed by atoms with van der Waals surface area (Å²) in [5.41, 5.74) is -0.0915. The van der Waals surface area contributed by atoms with Gasteiger partial charge in [0.05, 0.1) is 12.2 Å². The molecule has 0 saturated heterocycles. The zero-order valence-corrected chi connectivity index (χ0v) is 11.7. The van der Waals surface area contributed by atoms with Crippen molar-refractivity contribution in [3.63, 3.8) is 0 Å². The number of aryl methyl sites for hydroxylation is 1. The fraction of sp³-hybridized carbons (Fsp3) is 0.444. The van der Waals surface area contributed by atoms with E-state index >= 15 is 0 Å². The molecule has 0 aromatic carbocycles. The molecule has 0 aliphatic rings. The summed E-state index contributed by atoms with van der Waals surface area (Å²) in [5.74, 6) is -0.730. The fourth-order valence-corrected chi connectivity index (χ4v) is 3.51. The van der Waals surface area contributed by atoms with Gasteiger partial charge in [-0.3, -0.25) is 4.55 Å². The summed E-state index contributed by atoms with van der Waals surface area (Å²) >= 11 is 1.12. The van der Waals surface area contributed by atoms with E-state index in [-0.39, 0.29) is 29.5 Å². The summed E-state index contributed by atoms with van der Waals surface area (Å²) in [6.07, 6.45) is 0.430. The normalized spacial score (nSPS) is 10.8. The lowest BCUT2D eigenvalue weighted by Gasteiger charge is -2.03. The number of carbonyl (C=O) groups is 1. The second kappa shape index (κ2) is 6.34. The van der Waals surface area contributed by atoms with Crippen LogP contribution in [0.3, 0.4) is 0 Å². The number of rotatable bonds is 4. The summed E-state index contributed by atoms with van der Waals surface area (Å²) in [5, 5.41) is 1.39. The molecule has 0 radical (unpaired) electrons. The Labute approximate surface area is 110 Å². The number of ether oxygens (including phenoxy) is 1. The van der Waals surface area contributed by atoms with Crippen molar-refractivity contribution in [3.8, 4) is 0 Å². The van der Waals surface area contributed by atoms with Gasteiger partial charge in [-0.05, 0) is 13.3 Å². The van der Waals surface area contributed by atoms with Gasteiger partial charge in [-0.15, -0.1) is 23.7 Å². The standard InChI is InChI=1S/C9H12O5S2.ClH/c1-3-7-8(16(11,12)13)6(5-15-7)9(10)14-4-2;/h5H,3-4H2,1-2H3,(H,11,12,13);1H. The Hall–Kier alpha value is -0.630. The number of esters is 1. The SMILES string of the molecule is CCOC(=O)c1csc(CC)c1S(=O)(=O)O.Cl. The average Bonchev–Trinajstić information content (AvgIpc) is 2.60. The average molecular weight is 301 g/mol. The monoisotopic (exact) mass is 300 g/mol. The van der Waals surface area contributed by atoms with Crippen LogP contribution in [0.4, 0.5) is 0 Å². The Morgan fingerprint density at radius 2 is 2.06 bits per heavy atom. The molecule has 0 amide bonds. The van der Waals surface area contributed by atoms with Crippen molar-refractivity contribution in [2.24, 2.45) is 0 Å². The maximum atomic E-state index is 11.5. The molecule has 0 saturated carbocycles. The Bertz CT molecular complexity index is 491. The highest BCUT2D eigenvalue weighted by atomic mass is 35.5. The Morgan fingerprint density at radius 3 is 2.47 bits per heavy atom. The molecule has 1 aromatic rings. The van der Waals surface area contributed by atoms with E-state index in [2.05, 4.69) is 0 Å². The van der Waals surface area contributed by atoms with Gasteiger partial charge in [0.2, 0.25) is 0 Å². The molecule has 5 nitrogen and oxygen atoms in total. The molecule has 0 atom stereocenters. The van der Waals surface area contributed by atoms with Gasteiger partial charge in [-0.1, -0.05) is 6.92 Å². The number of carbonyl (C=O) groups excluding carboxylic acids is 1. The minimum Gasteiger partial charge on any atom is -0.462 e. The maximum absolute atomic E-state index is 11.5. The van der Waals surface area contributed by atoms with Crippen molar-refractivity contribution in [3.05, 3.63) is 15.8 Å². The van der Waals surface area contributed by atoms with Crippen LogP contribution in [0.5, 0.6) is 0 Å². The highest BCUT2D eigenvalue weighted by Crippen LogP contribution is 2.28. The van der Waals surface area contributed by atoms with Crippen molar-refractivity contribution in [1.29, 1.82) is 0 Å². The van der Waals surface area contributed by atoms with Gasteiger partial charge < -0.3 is 4.74 Å².